The van der Waals surface area contributed by atoms with Gasteiger partial charge in [0.15, 0.2) is 5.65 Å². The Balaban J connectivity index is 1.31. The van der Waals surface area contributed by atoms with E-state index in [2.05, 4.69) is 26.3 Å². The number of imidazole rings is 1. The average Bonchev–Trinajstić information content (AvgIpc) is 3.63. The quantitative estimate of drug-likeness (QED) is 0.390. The summed E-state index contributed by atoms with van der Waals surface area (Å²) >= 11 is 6.86. The summed E-state index contributed by atoms with van der Waals surface area (Å²) < 4.78 is 9.77. The van der Waals surface area contributed by atoms with Crippen LogP contribution in [0.4, 0.5) is 5.95 Å². The normalized spacial score (nSPS) is 22.3. The van der Waals surface area contributed by atoms with Crippen LogP contribution in [0, 0.1) is 5.41 Å². The van der Waals surface area contributed by atoms with E-state index in [9.17, 15) is 0 Å². The van der Waals surface area contributed by atoms with Gasteiger partial charge in [0.25, 0.3) is 0 Å². The van der Waals surface area contributed by atoms with E-state index >= 15 is 0 Å². The number of anilines is 1. The van der Waals surface area contributed by atoms with Gasteiger partial charge in [0, 0.05) is 72.9 Å². The standard InChI is InChI=1S/C25H27ClN8O/c1-14-21(27)25(13-35-14)5-8-33(9-6-25)24-30-22-19(23-28-7-10-34(23)24)16(11-29-22)15-3-4-18-17(20(15)26)12-32(2)31-18/h3-4,7,10-12,14,21,29H,5-6,8-9,13,27H2,1-2H3/t14-,21+/m0/s1. The van der Waals surface area contributed by atoms with Gasteiger partial charge in [0.2, 0.25) is 5.95 Å². The number of piperidine rings is 1. The summed E-state index contributed by atoms with van der Waals surface area (Å²) in [4.78, 5) is 15.5. The monoisotopic (exact) mass is 490 g/mol. The van der Waals surface area contributed by atoms with Gasteiger partial charge in [-0.3, -0.25) is 9.08 Å². The van der Waals surface area contributed by atoms with Gasteiger partial charge in [-0.25, -0.2) is 4.98 Å². The molecule has 0 saturated carbocycles. The zero-order valence-corrected chi connectivity index (χ0v) is 20.5. The number of H-pyrrole nitrogens is 1. The van der Waals surface area contributed by atoms with E-state index in [0.717, 1.165) is 77.2 Å². The van der Waals surface area contributed by atoms with Crippen LogP contribution in [0.15, 0.2) is 36.9 Å². The number of aromatic amines is 1. The summed E-state index contributed by atoms with van der Waals surface area (Å²) in [5.74, 6) is 0.891. The third kappa shape index (κ3) is 2.98. The molecule has 7 rings (SSSR count). The molecule has 1 aromatic carbocycles. The number of ether oxygens (including phenoxy) is 1. The first-order valence-corrected chi connectivity index (χ1v) is 12.4. The first-order chi connectivity index (χ1) is 16.9. The SMILES string of the molecule is C[C@@H]1OCC2(CCN(c3nc4[nH]cc(-c5ccc6nn(C)cc6c5Cl)c4c4nccn34)CC2)[C@@H]1N. The van der Waals surface area contributed by atoms with Crippen LogP contribution < -0.4 is 10.6 Å². The van der Waals surface area contributed by atoms with Crippen molar-refractivity contribution in [3.05, 3.63) is 41.9 Å². The number of nitrogens with zero attached hydrogens (tertiary/aromatic N) is 6. The maximum atomic E-state index is 6.86. The highest BCUT2D eigenvalue weighted by Crippen LogP contribution is 2.43. The van der Waals surface area contributed by atoms with E-state index in [0.29, 0.717) is 5.02 Å². The number of benzene rings is 1. The van der Waals surface area contributed by atoms with E-state index in [1.807, 2.05) is 44.0 Å². The van der Waals surface area contributed by atoms with Crippen LogP contribution in [0.1, 0.15) is 19.8 Å². The van der Waals surface area contributed by atoms with Crippen molar-refractivity contribution in [3.8, 4) is 11.1 Å². The van der Waals surface area contributed by atoms with Crippen molar-refractivity contribution in [2.24, 2.45) is 18.2 Å². The average molecular weight is 491 g/mol. The molecule has 0 unspecified atom stereocenters. The number of nitrogens with one attached hydrogen (secondary N) is 1. The summed E-state index contributed by atoms with van der Waals surface area (Å²) in [6.45, 7) is 4.59. The summed E-state index contributed by atoms with van der Waals surface area (Å²) in [5, 5.41) is 7.03. The largest absolute Gasteiger partial charge is 0.376 e. The maximum Gasteiger partial charge on any atom is 0.213 e. The molecule has 5 aromatic rings. The number of hydrogen-bond donors (Lipinski definition) is 2. The molecular formula is C25H27ClN8O. The van der Waals surface area contributed by atoms with Crippen LogP contribution in [0.5, 0.6) is 0 Å². The van der Waals surface area contributed by atoms with E-state index < -0.39 is 0 Å². The molecule has 0 radical (unpaired) electrons. The number of fused-ring (bicyclic) bond motifs is 4. The molecule has 6 heterocycles. The van der Waals surface area contributed by atoms with Crippen molar-refractivity contribution < 1.29 is 4.74 Å². The molecule has 2 atom stereocenters. The van der Waals surface area contributed by atoms with Crippen LogP contribution in [0.3, 0.4) is 0 Å². The Morgan fingerprint density at radius 1 is 1.23 bits per heavy atom. The first-order valence-electron chi connectivity index (χ1n) is 12.0. The van der Waals surface area contributed by atoms with Crippen LogP contribution >= 0.6 is 11.6 Å². The van der Waals surface area contributed by atoms with Crippen molar-refractivity contribution in [1.82, 2.24) is 29.1 Å². The smallest absolute Gasteiger partial charge is 0.213 e. The Kier molecular flexibility index (Phi) is 4.49. The molecule has 0 aliphatic carbocycles. The Hall–Kier alpha value is -3.14. The molecule has 4 aromatic heterocycles. The molecule has 2 aliphatic rings. The molecule has 3 N–H and O–H groups in total. The molecule has 2 saturated heterocycles. The lowest BCUT2D eigenvalue weighted by Crippen LogP contribution is -2.51. The Morgan fingerprint density at radius 2 is 2.06 bits per heavy atom. The third-order valence-corrected chi connectivity index (χ3v) is 8.48. The van der Waals surface area contributed by atoms with Gasteiger partial charge in [-0.15, -0.1) is 0 Å². The second-order valence-corrected chi connectivity index (χ2v) is 10.4. The fraction of sp³-hybridized carbons (Fsp3) is 0.400. The van der Waals surface area contributed by atoms with Gasteiger partial charge in [0.05, 0.1) is 28.6 Å². The third-order valence-electron chi connectivity index (χ3n) is 8.07. The summed E-state index contributed by atoms with van der Waals surface area (Å²) in [5.41, 5.74) is 11.0. The van der Waals surface area contributed by atoms with Crippen LogP contribution in [-0.4, -0.2) is 61.0 Å². The number of hydrogen-bond acceptors (Lipinski definition) is 6. The fourth-order valence-corrected chi connectivity index (χ4v) is 6.29. The number of nitrogens with two attached hydrogens (primary N) is 1. The van der Waals surface area contributed by atoms with Crippen molar-refractivity contribution >= 4 is 45.1 Å². The van der Waals surface area contributed by atoms with Crippen LogP contribution in [-0.2, 0) is 11.8 Å². The van der Waals surface area contributed by atoms with Crippen molar-refractivity contribution in [2.75, 3.05) is 24.6 Å². The lowest BCUT2D eigenvalue weighted by atomic mass is 9.73. The molecule has 9 nitrogen and oxygen atoms in total. The van der Waals surface area contributed by atoms with Crippen molar-refractivity contribution in [3.63, 3.8) is 0 Å². The molecule has 35 heavy (non-hydrogen) atoms. The lowest BCUT2D eigenvalue weighted by molar-refractivity contribution is 0.0973. The van der Waals surface area contributed by atoms with Crippen molar-refractivity contribution in [1.29, 1.82) is 0 Å². The van der Waals surface area contributed by atoms with Gasteiger partial charge in [-0.2, -0.15) is 10.1 Å². The van der Waals surface area contributed by atoms with E-state index in [1.54, 1.807) is 4.68 Å². The van der Waals surface area contributed by atoms with Gasteiger partial charge in [0.1, 0.15) is 5.65 Å². The zero-order chi connectivity index (χ0) is 23.9. The highest BCUT2D eigenvalue weighted by atomic mass is 35.5. The highest BCUT2D eigenvalue weighted by molar-refractivity contribution is 6.38. The highest BCUT2D eigenvalue weighted by Gasteiger charge is 2.47. The molecule has 0 amide bonds. The minimum Gasteiger partial charge on any atom is -0.376 e. The predicted octanol–water partition coefficient (Wildman–Crippen LogP) is 3.75. The molecule has 10 heteroatoms. The van der Waals surface area contributed by atoms with Gasteiger partial charge < -0.3 is 20.4 Å². The topological polar surface area (TPSA) is 102 Å². The molecule has 1 spiro atoms. The molecule has 180 valence electrons. The first kappa shape index (κ1) is 21.2. The van der Waals surface area contributed by atoms with Gasteiger partial charge >= 0.3 is 0 Å². The second kappa shape index (κ2) is 7.43. The molecular weight excluding hydrogens is 464 g/mol. The predicted molar refractivity (Wildman–Crippen MR) is 137 cm³/mol. The van der Waals surface area contributed by atoms with E-state index in [4.69, 9.17) is 32.0 Å². The number of aromatic nitrogens is 6. The zero-order valence-electron chi connectivity index (χ0n) is 19.7. The molecule has 2 fully saturated rings. The lowest BCUT2D eigenvalue weighted by Gasteiger charge is -2.41. The van der Waals surface area contributed by atoms with Crippen LogP contribution in [0.2, 0.25) is 5.02 Å². The number of aryl methyl sites for hydroxylation is 1. The minimum absolute atomic E-state index is 0.0648. The molecule has 0 bridgehead atoms. The summed E-state index contributed by atoms with van der Waals surface area (Å²) in [6, 6.07) is 4.11. The minimum atomic E-state index is 0.0648. The fourth-order valence-electron chi connectivity index (χ4n) is 5.98. The number of halogens is 1. The van der Waals surface area contributed by atoms with Gasteiger partial charge in [-0.1, -0.05) is 17.7 Å². The second-order valence-electron chi connectivity index (χ2n) is 10.0. The van der Waals surface area contributed by atoms with Gasteiger partial charge in [-0.05, 0) is 25.8 Å². The van der Waals surface area contributed by atoms with E-state index in [-0.39, 0.29) is 17.6 Å². The maximum absolute atomic E-state index is 6.86. The summed E-state index contributed by atoms with van der Waals surface area (Å²) in [7, 11) is 1.90. The molecule has 2 aliphatic heterocycles. The van der Waals surface area contributed by atoms with Crippen LogP contribution in [0.25, 0.3) is 38.7 Å². The van der Waals surface area contributed by atoms with Crippen molar-refractivity contribution in [2.45, 2.75) is 31.9 Å². The summed E-state index contributed by atoms with van der Waals surface area (Å²) in [6.07, 6.45) is 9.83. The Labute approximate surface area is 206 Å². The Morgan fingerprint density at radius 3 is 2.83 bits per heavy atom. The number of rotatable bonds is 2. The van der Waals surface area contributed by atoms with E-state index in [1.165, 1.54) is 0 Å². The Bertz CT molecular complexity index is 1590.